The highest BCUT2D eigenvalue weighted by Crippen LogP contribution is 2.21. The van der Waals surface area contributed by atoms with Crippen molar-refractivity contribution < 1.29 is 14.6 Å². The number of benzene rings is 2. The van der Waals surface area contributed by atoms with Crippen molar-refractivity contribution in [1.82, 2.24) is 5.32 Å². The van der Waals surface area contributed by atoms with Crippen LogP contribution in [0.1, 0.15) is 24.2 Å². The summed E-state index contributed by atoms with van der Waals surface area (Å²) in [4.78, 5) is 12.0. The van der Waals surface area contributed by atoms with Crippen LogP contribution in [0.15, 0.2) is 48.5 Å². The fraction of sp³-hybridized carbons (Fsp3) is 0.278. The predicted molar refractivity (Wildman–Crippen MR) is 90.7 cm³/mol. The second kappa shape index (κ2) is 8.56. The molecule has 0 spiro atoms. The molecule has 0 aliphatic heterocycles. The molecule has 0 radical (unpaired) electrons. The predicted octanol–water partition coefficient (Wildman–Crippen LogP) is 3.13. The summed E-state index contributed by atoms with van der Waals surface area (Å²) in [5.41, 5.74) is 1.49. The van der Waals surface area contributed by atoms with E-state index in [1.54, 1.807) is 24.3 Å². The Labute approximate surface area is 141 Å². The minimum Gasteiger partial charge on any atom is -0.494 e. The molecular weight excluding hydrogens is 314 g/mol. The summed E-state index contributed by atoms with van der Waals surface area (Å²) >= 11 is 6.02. The fourth-order valence-corrected chi connectivity index (χ4v) is 2.45. The zero-order valence-corrected chi connectivity index (χ0v) is 13.7. The smallest absolute Gasteiger partial charge is 0.224 e. The molecule has 0 saturated carbocycles. The van der Waals surface area contributed by atoms with Crippen molar-refractivity contribution in [1.29, 1.82) is 0 Å². The highest BCUT2D eigenvalue weighted by Gasteiger charge is 2.12. The van der Waals surface area contributed by atoms with E-state index in [1.807, 2.05) is 31.2 Å². The SMILES string of the molecule is CCOc1ccc(CC(=O)NCC(O)c2ccccc2Cl)cc1. The van der Waals surface area contributed by atoms with Crippen molar-refractivity contribution in [3.05, 3.63) is 64.7 Å². The monoisotopic (exact) mass is 333 g/mol. The highest BCUT2D eigenvalue weighted by molar-refractivity contribution is 6.31. The van der Waals surface area contributed by atoms with Gasteiger partial charge in [0.05, 0.1) is 19.1 Å². The van der Waals surface area contributed by atoms with Crippen LogP contribution in [0.3, 0.4) is 0 Å². The Morgan fingerprint density at radius 3 is 2.57 bits per heavy atom. The number of ether oxygens (including phenoxy) is 1. The van der Waals surface area contributed by atoms with Crippen LogP contribution < -0.4 is 10.1 Å². The molecule has 2 N–H and O–H groups in total. The van der Waals surface area contributed by atoms with Gasteiger partial charge in [-0.1, -0.05) is 41.9 Å². The summed E-state index contributed by atoms with van der Waals surface area (Å²) in [7, 11) is 0. The Morgan fingerprint density at radius 2 is 1.91 bits per heavy atom. The highest BCUT2D eigenvalue weighted by atomic mass is 35.5. The van der Waals surface area contributed by atoms with E-state index in [1.165, 1.54) is 0 Å². The second-order valence-corrected chi connectivity index (χ2v) is 5.50. The van der Waals surface area contributed by atoms with Crippen LogP contribution in [0.2, 0.25) is 5.02 Å². The molecule has 4 nitrogen and oxygen atoms in total. The van der Waals surface area contributed by atoms with E-state index in [0.29, 0.717) is 17.2 Å². The average Bonchev–Trinajstić information content (AvgIpc) is 2.55. The molecule has 1 atom stereocenters. The molecular formula is C18H20ClNO3. The number of amides is 1. The molecule has 5 heteroatoms. The van der Waals surface area contributed by atoms with Crippen molar-refractivity contribution in [2.24, 2.45) is 0 Å². The summed E-state index contributed by atoms with van der Waals surface area (Å²) in [6.45, 7) is 2.66. The molecule has 23 heavy (non-hydrogen) atoms. The first-order chi connectivity index (χ1) is 11.1. The number of carbonyl (C=O) groups is 1. The topological polar surface area (TPSA) is 58.6 Å². The second-order valence-electron chi connectivity index (χ2n) is 5.10. The number of aliphatic hydroxyl groups is 1. The molecule has 0 fully saturated rings. The van der Waals surface area contributed by atoms with E-state index in [2.05, 4.69) is 5.32 Å². The summed E-state index contributed by atoms with van der Waals surface area (Å²) in [6.07, 6.45) is -0.574. The summed E-state index contributed by atoms with van der Waals surface area (Å²) in [5.74, 6) is 0.631. The third kappa shape index (κ3) is 5.27. The maximum absolute atomic E-state index is 12.0. The van der Waals surface area contributed by atoms with E-state index < -0.39 is 6.10 Å². The maximum Gasteiger partial charge on any atom is 0.224 e. The third-order valence-corrected chi connectivity index (χ3v) is 3.70. The van der Waals surface area contributed by atoms with E-state index in [0.717, 1.165) is 11.3 Å². The molecule has 0 bridgehead atoms. The van der Waals surface area contributed by atoms with Crippen LogP contribution in [-0.2, 0) is 11.2 Å². The van der Waals surface area contributed by atoms with Gasteiger partial charge in [0.25, 0.3) is 0 Å². The molecule has 0 heterocycles. The molecule has 1 unspecified atom stereocenters. The summed E-state index contributed by atoms with van der Waals surface area (Å²) in [6, 6.07) is 14.4. The first-order valence-corrected chi connectivity index (χ1v) is 7.89. The quantitative estimate of drug-likeness (QED) is 0.818. The standard InChI is InChI=1S/C18H20ClNO3/c1-2-23-14-9-7-13(8-10-14)11-18(22)20-12-17(21)15-5-3-4-6-16(15)19/h3-10,17,21H,2,11-12H2,1H3,(H,20,22). The molecule has 122 valence electrons. The molecule has 0 aliphatic rings. The van der Waals surface area contributed by atoms with Gasteiger partial charge in [-0.15, -0.1) is 0 Å². The van der Waals surface area contributed by atoms with Crippen LogP contribution in [0.4, 0.5) is 0 Å². The van der Waals surface area contributed by atoms with Crippen LogP contribution in [0.25, 0.3) is 0 Å². The first kappa shape index (κ1) is 17.3. The number of carbonyl (C=O) groups excluding carboxylic acids is 1. The lowest BCUT2D eigenvalue weighted by molar-refractivity contribution is -0.120. The van der Waals surface area contributed by atoms with Gasteiger partial charge in [-0.2, -0.15) is 0 Å². The van der Waals surface area contributed by atoms with E-state index in [4.69, 9.17) is 16.3 Å². The average molecular weight is 334 g/mol. The molecule has 1 amide bonds. The zero-order chi connectivity index (χ0) is 16.7. The van der Waals surface area contributed by atoms with Gasteiger partial charge >= 0.3 is 0 Å². The molecule has 0 aliphatic carbocycles. The number of hydrogen-bond acceptors (Lipinski definition) is 3. The number of hydrogen-bond donors (Lipinski definition) is 2. The molecule has 0 saturated heterocycles. The van der Waals surface area contributed by atoms with Gasteiger partial charge in [0, 0.05) is 17.1 Å². The number of nitrogens with one attached hydrogen (secondary N) is 1. The van der Waals surface area contributed by atoms with Gasteiger partial charge in [-0.25, -0.2) is 0 Å². The van der Waals surface area contributed by atoms with Crippen molar-refractivity contribution >= 4 is 17.5 Å². The molecule has 0 aromatic heterocycles. The minimum atomic E-state index is -0.826. The number of rotatable bonds is 7. The first-order valence-electron chi connectivity index (χ1n) is 7.51. The van der Waals surface area contributed by atoms with Crippen LogP contribution >= 0.6 is 11.6 Å². The van der Waals surface area contributed by atoms with Gasteiger partial charge in [-0.3, -0.25) is 4.79 Å². The number of halogens is 1. The minimum absolute atomic E-state index is 0.125. The van der Waals surface area contributed by atoms with Crippen molar-refractivity contribution in [3.63, 3.8) is 0 Å². The van der Waals surface area contributed by atoms with Crippen LogP contribution in [0.5, 0.6) is 5.75 Å². The maximum atomic E-state index is 12.0. The van der Waals surface area contributed by atoms with E-state index in [-0.39, 0.29) is 18.9 Å². The van der Waals surface area contributed by atoms with Crippen LogP contribution in [-0.4, -0.2) is 24.2 Å². The van der Waals surface area contributed by atoms with Gasteiger partial charge in [0.1, 0.15) is 5.75 Å². The number of aliphatic hydroxyl groups excluding tert-OH is 1. The third-order valence-electron chi connectivity index (χ3n) is 3.36. The Kier molecular flexibility index (Phi) is 6.44. The largest absolute Gasteiger partial charge is 0.494 e. The van der Waals surface area contributed by atoms with Crippen LogP contribution in [0, 0.1) is 0 Å². The normalized spacial score (nSPS) is 11.8. The van der Waals surface area contributed by atoms with Crippen molar-refractivity contribution in [3.8, 4) is 5.75 Å². The molecule has 2 aromatic rings. The lowest BCUT2D eigenvalue weighted by Crippen LogP contribution is -2.29. The molecule has 2 aromatic carbocycles. The Balaban J connectivity index is 1.84. The lowest BCUT2D eigenvalue weighted by Gasteiger charge is -2.13. The molecule has 2 rings (SSSR count). The Hall–Kier alpha value is -2.04. The Bertz CT molecular complexity index is 643. The van der Waals surface area contributed by atoms with Gasteiger partial charge in [0.15, 0.2) is 0 Å². The van der Waals surface area contributed by atoms with E-state index in [9.17, 15) is 9.90 Å². The van der Waals surface area contributed by atoms with Gasteiger partial charge in [0.2, 0.25) is 5.91 Å². The lowest BCUT2D eigenvalue weighted by atomic mass is 10.1. The zero-order valence-electron chi connectivity index (χ0n) is 13.0. The fourth-order valence-electron chi connectivity index (χ4n) is 2.18. The van der Waals surface area contributed by atoms with Crippen molar-refractivity contribution in [2.45, 2.75) is 19.4 Å². The van der Waals surface area contributed by atoms with Gasteiger partial charge in [-0.05, 0) is 30.7 Å². The van der Waals surface area contributed by atoms with Gasteiger partial charge < -0.3 is 15.2 Å². The van der Waals surface area contributed by atoms with Crippen molar-refractivity contribution in [2.75, 3.05) is 13.2 Å². The summed E-state index contributed by atoms with van der Waals surface area (Å²) < 4.78 is 5.36. The Morgan fingerprint density at radius 1 is 1.22 bits per heavy atom. The summed E-state index contributed by atoms with van der Waals surface area (Å²) in [5, 5.41) is 13.3. The van der Waals surface area contributed by atoms with E-state index >= 15 is 0 Å².